The van der Waals surface area contributed by atoms with Gasteiger partial charge in [-0.2, -0.15) is 25.3 Å². The Bertz CT molecular complexity index is 565. The van der Waals surface area contributed by atoms with E-state index in [1.807, 2.05) is 0 Å². The summed E-state index contributed by atoms with van der Waals surface area (Å²) in [6.45, 7) is 2.68. The first kappa shape index (κ1) is 20.7. The van der Waals surface area contributed by atoms with Crippen LogP contribution in [0.2, 0.25) is 0 Å². The summed E-state index contributed by atoms with van der Waals surface area (Å²) in [6.07, 6.45) is -1.38. The lowest BCUT2D eigenvalue weighted by molar-refractivity contribution is 0.0913. The van der Waals surface area contributed by atoms with E-state index in [1.54, 1.807) is 0 Å². The maximum absolute atomic E-state index is 11.4. The summed E-state index contributed by atoms with van der Waals surface area (Å²) in [5.74, 6) is -0.979. The maximum Gasteiger partial charge on any atom is 0.267 e. The highest BCUT2D eigenvalue weighted by atomic mass is 32.2. The Morgan fingerprint density at radius 2 is 1.00 bits per heavy atom. The molecular formula is C9H20O9S3. The van der Waals surface area contributed by atoms with Crippen LogP contribution in [0.4, 0.5) is 0 Å². The summed E-state index contributed by atoms with van der Waals surface area (Å²) >= 11 is 0. The Balaban J connectivity index is 4.86. The smallest absolute Gasteiger partial charge is 0.267 e. The quantitative estimate of drug-likeness (QED) is 0.441. The van der Waals surface area contributed by atoms with E-state index in [9.17, 15) is 25.3 Å². The summed E-state index contributed by atoms with van der Waals surface area (Å²) in [4.78, 5) is 0. The molecule has 12 heteroatoms. The van der Waals surface area contributed by atoms with Crippen molar-refractivity contribution in [2.24, 2.45) is 0 Å². The van der Waals surface area contributed by atoms with E-state index >= 15 is 0 Å². The zero-order valence-electron chi connectivity index (χ0n) is 12.0. The predicted molar refractivity (Wildman–Crippen MR) is 75.2 cm³/mol. The van der Waals surface area contributed by atoms with E-state index in [1.165, 1.54) is 20.8 Å². The van der Waals surface area contributed by atoms with Crippen molar-refractivity contribution < 1.29 is 37.8 Å². The van der Waals surface area contributed by atoms with E-state index in [0.717, 1.165) is 0 Å². The standard InChI is InChI=1S/C9H20O9S3/c1-4-19(10,11)16-7-9(18-21(14,15)6-3)8-17-20(12,13)5-2/h9H,4-8H2,1-3H3. The summed E-state index contributed by atoms with van der Waals surface area (Å²) in [5.41, 5.74) is 0. The number of hydrogen-bond donors (Lipinski definition) is 0. The van der Waals surface area contributed by atoms with Crippen LogP contribution in [-0.4, -0.2) is 61.8 Å². The minimum Gasteiger partial charge on any atom is -0.267 e. The fraction of sp³-hybridized carbons (Fsp3) is 1.00. The van der Waals surface area contributed by atoms with Crippen LogP contribution in [0.5, 0.6) is 0 Å². The normalized spacial score (nSPS) is 13.7. The molecule has 0 spiro atoms. The fourth-order valence-corrected chi connectivity index (χ4v) is 2.62. The Labute approximate surface area is 126 Å². The molecule has 0 aliphatic carbocycles. The van der Waals surface area contributed by atoms with Gasteiger partial charge < -0.3 is 0 Å². The van der Waals surface area contributed by atoms with Crippen LogP contribution >= 0.6 is 0 Å². The zero-order chi connectivity index (χ0) is 16.7. The molecule has 0 saturated carbocycles. The van der Waals surface area contributed by atoms with Crippen molar-refractivity contribution in [3.8, 4) is 0 Å². The van der Waals surface area contributed by atoms with Crippen LogP contribution in [0.1, 0.15) is 20.8 Å². The third kappa shape index (κ3) is 9.37. The fourth-order valence-electron chi connectivity index (χ4n) is 0.905. The Kier molecular flexibility index (Phi) is 8.28. The van der Waals surface area contributed by atoms with Gasteiger partial charge in [-0.15, -0.1) is 0 Å². The van der Waals surface area contributed by atoms with E-state index in [0.29, 0.717) is 0 Å². The highest BCUT2D eigenvalue weighted by molar-refractivity contribution is 7.87. The van der Waals surface area contributed by atoms with Gasteiger partial charge in [-0.1, -0.05) is 0 Å². The van der Waals surface area contributed by atoms with Crippen molar-refractivity contribution in [3.63, 3.8) is 0 Å². The Hall–Kier alpha value is -0.270. The lowest BCUT2D eigenvalue weighted by atomic mass is 10.4. The van der Waals surface area contributed by atoms with Crippen LogP contribution in [-0.2, 0) is 42.9 Å². The van der Waals surface area contributed by atoms with E-state index in [2.05, 4.69) is 12.5 Å². The first-order chi connectivity index (χ1) is 9.47. The van der Waals surface area contributed by atoms with Crippen molar-refractivity contribution in [3.05, 3.63) is 0 Å². The van der Waals surface area contributed by atoms with Gasteiger partial charge in [-0.05, 0) is 20.8 Å². The third-order valence-corrected chi connectivity index (χ3v) is 5.89. The van der Waals surface area contributed by atoms with Gasteiger partial charge in [0.05, 0.1) is 30.5 Å². The van der Waals surface area contributed by atoms with Gasteiger partial charge in [0, 0.05) is 0 Å². The molecule has 0 aliphatic heterocycles. The first-order valence-corrected chi connectivity index (χ1v) is 10.8. The first-order valence-electron chi connectivity index (χ1n) is 6.12. The highest BCUT2D eigenvalue weighted by Gasteiger charge is 2.23. The molecule has 128 valence electrons. The Morgan fingerprint density at radius 3 is 1.29 bits per heavy atom. The second-order valence-corrected chi connectivity index (χ2v) is 9.57. The minimum absolute atomic E-state index is 0.311. The van der Waals surface area contributed by atoms with E-state index < -0.39 is 49.7 Å². The van der Waals surface area contributed by atoms with Gasteiger partial charge in [0.1, 0.15) is 6.10 Å². The van der Waals surface area contributed by atoms with E-state index in [4.69, 9.17) is 0 Å². The molecule has 21 heavy (non-hydrogen) atoms. The topological polar surface area (TPSA) is 130 Å². The van der Waals surface area contributed by atoms with Crippen LogP contribution in [0.15, 0.2) is 0 Å². The molecule has 0 aromatic carbocycles. The van der Waals surface area contributed by atoms with Crippen LogP contribution in [0.25, 0.3) is 0 Å². The largest absolute Gasteiger partial charge is 0.267 e. The molecule has 0 aliphatic rings. The molecule has 0 aromatic heterocycles. The van der Waals surface area contributed by atoms with Gasteiger partial charge in [0.15, 0.2) is 0 Å². The zero-order valence-corrected chi connectivity index (χ0v) is 14.5. The molecule has 0 fully saturated rings. The summed E-state index contributed by atoms with van der Waals surface area (Å²) in [7, 11) is -11.5. The average Bonchev–Trinajstić information content (AvgIpc) is 2.42. The monoisotopic (exact) mass is 368 g/mol. The van der Waals surface area contributed by atoms with Gasteiger partial charge in [0.2, 0.25) is 0 Å². The molecule has 0 rings (SSSR count). The van der Waals surface area contributed by atoms with Gasteiger partial charge in [-0.25, -0.2) is 0 Å². The van der Waals surface area contributed by atoms with Crippen molar-refractivity contribution in [1.82, 2.24) is 0 Å². The number of rotatable bonds is 11. The highest BCUT2D eigenvalue weighted by Crippen LogP contribution is 2.07. The molecule has 0 saturated heterocycles. The molecular weight excluding hydrogens is 348 g/mol. The minimum atomic E-state index is -3.92. The van der Waals surface area contributed by atoms with Gasteiger partial charge in [0.25, 0.3) is 30.4 Å². The molecule has 0 unspecified atom stereocenters. The Morgan fingerprint density at radius 1 is 0.667 bits per heavy atom. The molecule has 0 heterocycles. The van der Waals surface area contributed by atoms with Crippen molar-refractivity contribution in [2.45, 2.75) is 26.9 Å². The lowest BCUT2D eigenvalue weighted by Crippen LogP contribution is -2.32. The van der Waals surface area contributed by atoms with Gasteiger partial charge >= 0.3 is 0 Å². The number of hydrogen-bond acceptors (Lipinski definition) is 9. The molecule has 0 atom stereocenters. The van der Waals surface area contributed by atoms with E-state index in [-0.39, 0.29) is 17.3 Å². The van der Waals surface area contributed by atoms with Crippen LogP contribution in [0, 0.1) is 0 Å². The summed E-state index contributed by atoms with van der Waals surface area (Å²) < 4.78 is 81.3. The average molecular weight is 368 g/mol. The molecule has 0 bridgehead atoms. The van der Waals surface area contributed by atoms with Crippen molar-refractivity contribution >= 4 is 30.4 Å². The SMILES string of the molecule is CCS(=O)(=O)OCC(COS(=O)(=O)CC)OS(=O)(=O)CC. The third-order valence-electron chi connectivity index (χ3n) is 2.21. The summed E-state index contributed by atoms with van der Waals surface area (Å²) in [6, 6.07) is 0. The molecule has 0 radical (unpaired) electrons. The summed E-state index contributed by atoms with van der Waals surface area (Å²) in [5, 5.41) is 0. The molecule has 9 nitrogen and oxygen atoms in total. The van der Waals surface area contributed by atoms with Crippen molar-refractivity contribution in [1.29, 1.82) is 0 Å². The molecule has 0 amide bonds. The lowest BCUT2D eigenvalue weighted by Gasteiger charge is -2.16. The maximum atomic E-state index is 11.4. The molecule has 0 N–H and O–H groups in total. The second kappa shape index (κ2) is 8.39. The van der Waals surface area contributed by atoms with Crippen LogP contribution in [0.3, 0.4) is 0 Å². The van der Waals surface area contributed by atoms with Crippen LogP contribution < -0.4 is 0 Å². The second-order valence-electron chi connectivity index (χ2n) is 3.83. The molecule has 0 aromatic rings. The predicted octanol–water partition coefficient (Wildman–Crippen LogP) is -0.546. The van der Waals surface area contributed by atoms with Crippen molar-refractivity contribution in [2.75, 3.05) is 30.5 Å². The van der Waals surface area contributed by atoms with Gasteiger partial charge in [-0.3, -0.25) is 12.5 Å².